The van der Waals surface area contributed by atoms with Crippen molar-refractivity contribution in [3.05, 3.63) is 48.0 Å². The van der Waals surface area contributed by atoms with Gasteiger partial charge in [0.2, 0.25) is 5.91 Å². The van der Waals surface area contributed by atoms with E-state index in [9.17, 15) is 9.59 Å². The summed E-state index contributed by atoms with van der Waals surface area (Å²) in [6.07, 6.45) is 8.68. The highest BCUT2D eigenvalue weighted by Gasteiger charge is 2.43. The third kappa shape index (κ3) is 3.66. The van der Waals surface area contributed by atoms with Gasteiger partial charge >= 0.3 is 0 Å². The third-order valence-electron chi connectivity index (χ3n) is 6.03. The van der Waals surface area contributed by atoms with Crippen LogP contribution in [0.1, 0.15) is 48.7 Å². The summed E-state index contributed by atoms with van der Waals surface area (Å²) in [5, 5.41) is 4.23. The quantitative estimate of drug-likeness (QED) is 0.815. The summed E-state index contributed by atoms with van der Waals surface area (Å²) in [7, 11) is 0. The van der Waals surface area contributed by atoms with Gasteiger partial charge in [0.05, 0.1) is 0 Å². The molecule has 4 heterocycles. The van der Waals surface area contributed by atoms with E-state index in [-0.39, 0.29) is 17.2 Å². The van der Waals surface area contributed by atoms with Gasteiger partial charge in [0.25, 0.3) is 5.91 Å². The molecule has 7 heteroatoms. The molecule has 1 atom stereocenters. The van der Waals surface area contributed by atoms with Crippen LogP contribution in [0.4, 0.5) is 0 Å². The second-order valence-corrected chi connectivity index (χ2v) is 7.97. The third-order valence-corrected chi connectivity index (χ3v) is 6.03. The maximum atomic E-state index is 13.1. The topological polar surface area (TPSA) is 71.3 Å². The molecule has 2 aliphatic heterocycles. The predicted octanol–water partition coefficient (Wildman–Crippen LogP) is 2.34. The van der Waals surface area contributed by atoms with Crippen molar-refractivity contribution in [1.29, 1.82) is 0 Å². The van der Waals surface area contributed by atoms with Crippen LogP contribution in [0.15, 0.2) is 36.8 Å². The van der Waals surface area contributed by atoms with Gasteiger partial charge < -0.3 is 9.80 Å². The van der Waals surface area contributed by atoms with Crippen LogP contribution in [-0.4, -0.2) is 56.0 Å². The van der Waals surface area contributed by atoms with Crippen molar-refractivity contribution in [3.8, 4) is 0 Å². The first-order valence-corrected chi connectivity index (χ1v) is 10.1. The lowest BCUT2D eigenvalue weighted by atomic mass is 9.73. The van der Waals surface area contributed by atoms with E-state index in [0.717, 1.165) is 31.4 Å². The molecule has 0 aromatic carbocycles. The number of carbonyl (C=O) groups is 2. The molecule has 0 bridgehead atoms. The highest BCUT2D eigenvalue weighted by Crippen LogP contribution is 2.39. The van der Waals surface area contributed by atoms with Crippen molar-refractivity contribution in [1.82, 2.24) is 24.6 Å². The Morgan fingerprint density at radius 3 is 2.89 bits per heavy atom. The van der Waals surface area contributed by atoms with Gasteiger partial charge in [-0.05, 0) is 43.9 Å². The summed E-state index contributed by atoms with van der Waals surface area (Å²) in [6, 6.07) is 5.70. The highest BCUT2D eigenvalue weighted by molar-refractivity contribution is 5.92. The van der Waals surface area contributed by atoms with Gasteiger partial charge in [0.1, 0.15) is 5.69 Å². The molecular weight excluding hydrogens is 354 g/mol. The molecule has 0 aliphatic carbocycles. The standard InChI is InChI=1S/C21H27N5O2/c1-2-26-18(7-11-23-26)20(28)24-12-4-8-21(15-24)9-6-19(27)25(16-21)14-17-5-3-10-22-13-17/h3,5,7,10-11,13H,2,4,6,8-9,12,14-16H2,1H3/t21-/m0/s1. The Bertz CT molecular complexity index is 849. The Morgan fingerprint density at radius 1 is 1.21 bits per heavy atom. The van der Waals surface area contributed by atoms with Crippen LogP contribution in [0.25, 0.3) is 0 Å². The Morgan fingerprint density at radius 2 is 2.11 bits per heavy atom. The lowest BCUT2D eigenvalue weighted by Gasteiger charge is -2.48. The molecule has 1 spiro atoms. The van der Waals surface area contributed by atoms with Crippen LogP contribution < -0.4 is 0 Å². The molecule has 2 fully saturated rings. The minimum Gasteiger partial charge on any atom is -0.338 e. The normalized spacial score (nSPS) is 22.7. The number of aromatic nitrogens is 3. The van der Waals surface area contributed by atoms with E-state index in [2.05, 4.69) is 10.1 Å². The maximum absolute atomic E-state index is 13.1. The first-order chi connectivity index (χ1) is 13.6. The smallest absolute Gasteiger partial charge is 0.272 e. The number of rotatable bonds is 4. The fourth-order valence-electron chi connectivity index (χ4n) is 4.60. The summed E-state index contributed by atoms with van der Waals surface area (Å²) in [5.41, 5.74) is 1.68. The van der Waals surface area contributed by atoms with Crippen molar-refractivity contribution in [2.24, 2.45) is 5.41 Å². The van der Waals surface area contributed by atoms with E-state index >= 15 is 0 Å². The Labute approximate surface area is 165 Å². The Kier molecular flexibility index (Phi) is 5.15. The van der Waals surface area contributed by atoms with Gasteiger partial charge in [0, 0.05) is 63.2 Å². The van der Waals surface area contributed by atoms with E-state index in [0.29, 0.717) is 38.3 Å². The number of likely N-dealkylation sites (tertiary alicyclic amines) is 2. The fourth-order valence-corrected chi connectivity index (χ4v) is 4.60. The number of hydrogen-bond acceptors (Lipinski definition) is 4. The van der Waals surface area contributed by atoms with Gasteiger partial charge in [-0.2, -0.15) is 5.10 Å². The van der Waals surface area contributed by atoms with Crippen molar-refractivity contribution in [3.63, 3.8) is 0 Å². The van der Waals surface area contributed by atoms with Crippen LogP contribution >= 0.6 is 0 Å². The first-order valence-electron chi connectivity index (χ1n) is 10.1. The van der Waals surface area contributed by atoms with Crippen LogP contribution in [0.2, 0.25) is 0 Å². The number of carbonyl (C=O) groups excluding carboxylic acids is 2. The highest BCUT2D eigenvalue weighted by atomic mass is 16.2. The largest absolute Gasteiger partial charge is 0.338 e. The van der Waals surface area contributed by atoms with E-state index in [1.807, 2.05) is 35.1 Å². The molecule has 0 saturated carbocycles. The van der Waals surface area contributed by atoms with E-state index in [1.54, 1.807) is 23.1 Å². The first kappa shape index (κ1) is 18.7. The van der Waals surface area contributed by atoms with Gasteiger partial charge in [-0.1, -0.05) is 6.07 Å². The number of nitrogens with zero attached hydrogens (tertiary/aromatic N) is 5. The molecule has 2 aromatic heterocycles. The minimum atomic E-state index is -0.0128. The molecular formula is C21H27N5O2. The second-order valence-electron chi connectivity index (χ2n) is 7.97. The fraction of sp³-hybridized carbons (Fsp3) is 0.524. The van der Waals surface area contributed by atoms with Crippen LogP contribution in [0.3, 0.4) is 0 Å². The molecule has 148 valence electrons. The lowest BCUT2D eigenvalue weighted by Crippen LogP contribution is -2.55. The van der Waals surface area contributed by atoms with Crippen LogP contribution in [0, 0.1) is 5.41 Å². The van der Waals surface area contributed by atoms with Gasteiger partial charge in [0.15, 0.2) is 0 Å². The van der Waals surface area contributed by atoms with Crippen molar-refractivity contribution in [2.75, 3.05) is 19.6 Å². The monoisotopic (exact) mass is 381 g/mol. The molecule has 28 heavy (non-hydrogen) atoms. The molecule has 0 radical (unpaired) electrons. The zero-order chi connectivity index (χ0) is 19.6. The van der Waals surface area contributed by atoms with E-state index in [1.165, 1.54) is 0 Å². The van der Waals surface area contributed by atoms with Gasteiger partial charge in [-0.25, -0.2) is 0 Å². The number of amides is 2. The van der Waals surface area contributed by atoms with Crippen molar-refractivity contribution >= 4 is 11.8 Å². The average Bonchev–Trinajstić information content (AvgIpc) is 3.20. The van der Waals surface area contributed by atoms with E-state index in [4.69, 9.17) is 0 Å². The molecule has 2 amide bonds. The molecule has 2 aliphatic rings. The van der Waals surface area contributed by atoms with Gasteiger partial charge in [-0.15, -0.1) is 0 Å². The lowest BCUT2D eigenvalue weighted by molar-refractivity contribution is -0.139. The molecule has 0 unspecified atom stereocenters. The second kappa shape index (κ2) is 7.73. The summed E-state index contributed by atoms with van der Waals surface area (Å²) >= 11 is 0. The molecule has 2 aromatic rings. The number of aryl methyl sites for hydroxylation is 1. The zero-order valence-corrected chi connectivity index (χ0v) is 16.4. The summed E-state index contributed by atoms with van der Waals surface area (Å²) in [5.74, 6) is 0.246. The minimum absolute atomic E-state index is 0.0128. The SMILES string of the molecule is CCn1nccc1C(=O)N1CCC[C@]2(CCC(=O)N(Cc3cccnc3)C2)C1. The molecule has 0 N–H and O–H groups in total. The van der Waals surface area contributed by atoms with Crippen molar-refractivity contribution in [2.45, 2.75) is 45.7 Å². The van der Waals surface area contributed by atoms with Crippen LogP contribution in [-0.2, 0) is 17.9 Å². The van der Waals surface area contributed by atoms with Gasteiger partial charge in [-0.3, -0.25) is 19.3 Å². The molecule has 2 saturated heterocycles. The summed E-state index contributed by atoms with van der Waals surface area (Å²) < 4.78 is 1.75. The Balaban J connectivity index is 1.49. The molecule has 7 nitrogen and oxygen atoms in total. The van der Waals surface area contributed by atoms with Crippen molar-refractivity contribution < 1.29 is 9.59 Å². The molecule has 4 rings (SSSR count). The summed E-state index contributed by atoms with van der Waals surface area (Å²) in [6.45, 7) is 5.44. The average molecular weight is 381 g/mol. The van der Waals surface area contributed by atoms with E-state index < -0.39 is 0 Å². The number of hydrogen-bond donors (Lipinski definition) is 0. The number of piperidine rings is 2. The van der Waals surface area contributed by atoms with Crippen LogP contribution in [0.5, 0.6) is 0 Å². The maximum Gasteiger partial charge on any atom is 0.272 e. The number of pyridine rings is 1. The predicted molar refractivity (Wildman–Crippen MR) is 104 cm³/mol. The summed E-state index contributed by atoms with van der Waals surface area (Å²) in [4.78, 5) is 33.7. The zero-order valence-electron chi connectivity index (χ0n) is 16.4. The Hall–Kier alpha value is -2.70.